The molecule has 4 aromatic heterocycles. The summed E-state index contributed by atoms with van der Waals surface area (Å²) in [6, 6.07) is 7.59. The standard InChI is InChI=1S/C30H38N8O2S/c1-6-10-26-28(20-38(34-26)25-12-9-15-32-18-25)35(5)29(39)13-16-41-21-22(3)30(40)36(7-2)27-19-37(33-23(27)4)24-11-8-14-31-17-24/h8-9,11-12,14-15,17-20,22H,6-7,10,13,16,21H2,1-5H3. The van der Waals surface area contributed by atoms with Crippen molar-refractivity contribution < 1.29 is 9.59 Å². The highest BCUT2D eigenvalue weighted by atomic mass is 32.2. The molecular formula is C30H38N8O2S. The number of pyridine rings is 2. The highest BCUT2D eigenvalue weighted by molar-refractivity contribution is 7.99. The largest absolute Gasteiger partial charge is 0.312 e. The van der Waals surface area contributed by atoms with Crippen molar-refractivity contribution in [2.45, 2.75) is 47.0 Å². The maximum absolute atomic E-state index is 13.4. The third kappa shape index (κ3) is 7.21. The van der Waals surface area contributed by atoms with Crippen LogP contribution in [0.3, 0.4) is 0 Å². The normalized spacial score (nSPS) is 11.8. The Labute approximate surface area is 245 Å². The van der Waals surface area contributed by atoms with Crippen LogP contribution in [0.1, 0.15) is 45.0 Å². The van der Waals surface area contributed by atoms with Crippen LogP contribution in [0.2, 0.25) is 0 Å². The van der Waals surface area contributed by atoms with Crippen molar-refractivity contribution >= 4 is 35.0 Å². The van der Waals surface area contributed by atoms with Gasteiger partial charge in [-0.1, -0.05) is 20.3 Å². The van der Waals surface area contributed by atoms with Gasteiger partial charge in [0.05, 0.1) is 58.9 Å². The summed E-state index contributed by atoms with van der Waals surface area (Å²) >= 11 is 1.62. The van der Waals surface area contributed by atoms with E-state index in [0.717, 1.165) is 47.0 Å². The molecule has 0 bridgehead atoms. The van der Waals surface area contributed by atoms with E-state index in [4.69, 9.17) is 5.10 Å². The Morgan fingerprint density at radius 2 is 1.61 bits per heavy atom. The maximum atomic E-state index is 13.4. The predicted octanol–water partition coefficient (Wildman–Crippen LogP) is 4.88. The summed E-state index contributed by atoms with van der Waals surface area (Å²) in [5.74, 6) is 1.12. The van der Waals surface area contributed by atoms with Crippen LogP contribution in [0.25, 0.3) is 11.4 Å². The molecule has 4 rings (SSSR count). The lowest BCUT2D eigenvalue weighted by Gasteiger charge is -2.24. The molecule has 0 radical (unpaired) electrons. The number of rotatable bonds is 13. The number of thioether (sulfide) groups is 1. The SMILES string of the molecule is CCCc1nn(-c2cccnc2)cc1N(C)C(=O)CCSCC(C)C(=O)N(CC)c1cn(-c2cccnc2)nc1C. The van der Waals surface area contributed by atoms with E-state index in [9.17, 15) is 9.59 Å². The third-order valence-corrected chi connectivity index (χ3v) is 8.04. The first-order chi connectivity index (χ1) is 19.8. The molecule has 10 nitrogen and oxygen atoms in total. The quantitative estimate of drug-likeness (QED) is 0.210. The molecule has 216 valence electrons. The van der Waals surface area contributed by atoms with Crippen LogP contribution < -0.4 is 9.80 Å². The lowest BCUT2D eigenvalue weighted by atomic mass is 10.1. The number of hydrogen-bond acceptors (Lipinski definition) is 7. The molecule has 41 heavy (non-hydrogen) atoms. The number of amides is 2. The number of aromatic nitrogens is 6. The second kappa shape index (κ2) is 14.1. The Balaban J connectivity index is 1.32. The van der Waals surface area contributed by atoms with E-state index < -0.39 is 0 Å². The van der Waals surface area contributed by atoms with Crippen molar-refractivity contribution in [1.82, 2.24) is 29.5 Å². The molecule has 0 aliphatic rings. The first-order valence-electron chi connectivity index (χ1n) is 13.9. The Hall–Kier alpha value is -3.99. The van der Waals surface area contributed by atoms with Crippen LogP contribution in [0.5, 0.6) is 0 Å². The molecule has 1 unspecified atom stereocenters. The van der Waals surface area contributed by atoms with Gasteiger partial charge in [0, 0.05) is 49.8 Å². The number of carbonyl (C=O) groups excluding carboxylic acids is 2. The summed E-state index contributed by atoms with van der Waals surface area (Å²) in [6.07, 6.45) is 12.8. The molecule has 0 aliphatic carbocycles. The molecule has 0 fully saturated rings. The van der Waals surface area contributed by atoms with Gasteiger partial charge >= 0.3 is 0 Å². The molecule has 0 saturated heterocycles. The summed E-state index contributed by atoms with van der Waals surface area (Å²) in [7, 11) is 1.80. The van der Waals surface area contributed by atoms with Gasteiger partial charge in [-0.2, -0.15) is 22.0 Å². The summed E-state index contributed by atoms with van der Waals surface area (Å²) < 4.78 is 3.53. The van der Waals surface area contributed by atoms with Crippen LogP contribution in [-0.2, 0) is 16.0 Å². The Morgan fingerprint density at radius 1 is 0.976 bits per heavy atom. The van der Waals surface area contributed by atoms with Crippen molar-refractivity contribution in [2.75, 3.05) is 34.9 Å². The number of aryl methyl sites for hydroxylation is 2. The number of nitrogens with zero attached hydrogens (tertiary/aromatic N) is 8. The van der Waals surface area contributed by atoms with E-state index in [2.05, 4.69) is 22.0 Å². The minimum Gasteiger partial charge on any atom is -0.312 e. The monoisotopic (exact) mass is 574 g/mol. The average Bonchev–Trinajstić information content (AvgIpc) is 3.60. The zero-order valence-electron chi connectivity index (χ0n) is 24.4. The fourth-order valence-electron chi connectivity index (χ4n) is 4.56. The van der Waals surface area contributed by atoms with Crippen LogP contribution in [-0.4, -0.2) is 66.4 Å². The Bertz CT molecular complexity index is 1440. The van der Waals surface area contributed by atoms with Gasteiger partial charge in [0.15, 0.2) is 0 Å². The Kier molecular flexibility index (Phi) is 10.3. The van der Waals surface area contributed by atoms with E-state index in [0.29, 0.717) is 24.5 Å². The zero-order chi connectivity index (χ0) is 29.4. The summed E-state index contributed by atoms with van der Waals surface area (Å²) in [4.78, 5) is 38.3. The maximum Gasteiger partial charge on any atom is 0.230 e. The smallest absolute Gasteiger partial charge is 0.230 e. The van der Waals surface area contributed by atoms with E-state index in [-0.39, 0.29) is 17.7 Å². The molecule has 0 N–H and O–H groups in total. The van der Waals surface area contributed by atoms with Gasteiger partial charge in [0.2, 0.25) is 11.8 Å². The topological polar surface area (TPSA) is 102 Å². The molecule has 0 aliphatic heterocycles. The summed E-state index contributed by atoms with van der Waals surface area (Å²) in [5, 5.41) is 9.30. The highest BCUT2D eigenvalue weighted by Crippen LogP contribution is 2.25. The average molecular weight is 575 g/mol. The van der Waals surface area contributed by atoms with Crippen LogP contribution in [0.4, 0.5) is 11.4 Å². The molecule has 4 aromatic rings. The van der Waals surface area contributed by atoms with Crippen LogP contribution in [0.15, 0.2) is 61.4 Å². The summed E-state index contributed by atoms with van der Waals surface area (Å²) in [6.45, 7) is 8.46. The van der Waals surface area contributed by atoms with E-state index >= 15 is 0 Å². The highest BCUT2D eigenvalue weighted by Gasteiger charge is 2.24. The van der Waals surface area contributed by atoms with Crippen LogP contribution in [0, 0.1) is 12.8 Å². The van der Waals surface area contributed by atoms with E-state index in [1.807, 2.05) is 57.4 Å². The minimum atomic E-state index is -0.206. The van der Waals surface area contributed by atoms with Crippen molar-refractivity contribution in [3.05, 3.63) is 72.8 Å². The van der Waals surface area contributed by atoms with Crippen molar-refractivity contribution in [1.29, 1.82) is 0 Å². The number of hydrogen-bond donors (Lipinski definition) is 0. The molecule has 0 saturated carbocycles. The molecule has 0 spiro atoms. The van der Waals surface area contributed by atoms with E-state index in [1.54, 1.807) is 62.8 Å². The first kappa shape index (κ1) is 30.0. The molecule has 11 heteroatoms. The van der Waals surface area contributed by atoms with Crippen molar-refractivity contribution in [3.63, 3.8) is 0 Å². The fraction of sp³-hybridized carbons (Fsp3) is 0.400. The lowest BCUT2D eigenvalue weighted by molar-refractivity contribution is -0.121. The molecule has 0 aromatic carbocycles. The first-order valence-corrected chi connectivity index (χ1v) is 15.1. The van der Waals surface area contributed by atoms with E-state index in [1.165, 1.54) is 0 Å². The molecule has 1 atom stereocenters. The van der Waals surface area contributed by atoms with Gasteiger partial charge in [-0.05, 0) is 44.5 Å². The fourth-order valence-corrected chi connectivity index (χ4v) is 5.54. The van der Waals surface area contributed by atoms with Gasteiger partial charge in [0.1, 0.15) is 0 Å². The van der Waals surface area contributed by atoms with Gasteiger partial charge in [-0.3, -0.25) is 19.6 Å². The zero-order valence-corrected chi connectivity index (χ0v) is 25.2. The number of anilines is 2. The van der Waals surface area contributed by atoms with Gasteiger partial charge in [0.25, 0.3) is 0 Å². The molecule has 2 amide bonds. The minimum absolute atomic E-state index is 0.0215. The molecular weight excluding hydrogens is 536 g/mol. The lowest BCUT2D eigenvalue weighted by Crippen LogP contribution is -2.36. The van der Waals surface area contributed by atoms with Crippen LogP contribution >= 0.6 is 11.8 Å². The van der Waals surface area contributed by atoms with Gasteiger partial charge < -0.3 is 9.80 Å². The van der Waals surface area contributed by atoms with Gasteiger partial charge in [-0.15, -0.1) is 0 Å². The molecule has 4 heterocycles. The van der Waals surface area contributed by atoms with Gasteiger partial charge in [-0.25, -0.2) is 9.36 Å². The van der Waals surface area contributed by atoms with Crippen molar-refractivity contribution in [3.8, 4) is 11.4 Å². The second-order valence-electron chi connectivity index (χ2n) is 9.88. The second-order valence-corrected chi connectivity index (χ2v) is 11.0. The Morgan fingerprint density at radius 3 is 2.20 bits per heavy atom. The van der Waals surface area contributed by atoms with Crippen molar-refractivity contribution in [2.24, 2.45) is 5.92 Å². The third-order valence-electron chi connectivity index (χ3n) is 6.81. The number of carbonyl (C=O) groups is 2. The predicted molar refractivity (Wildman–Crippen MR) is 164 cm³/mol. The summed E-state index contributed by atoms with van der Waals surface area (Å²) in [5.41, 5.74) is 4.98.